The van der Waals surface area contributed by atoms with E-state index < -0.39 is 0 Å². The van der Waals surface area contributed by atoms with Crippen LogP contribution >= 0.6 is 15.9 Å². The summed E-state index contributed by atoms with van der Waals surface area (Å²) in [6, 6.07) is 4.08. The number of halogens is 1. The van der Waals surface area contributed by atoms with Crippen LogP contribution < -0.4 is 14.8 Å². The molecule has 0 aliphatic carbocycles. The highest BCUT2D eigenvalue weighted by Gasteiger charge is 2.15. The molecule has 112 valence electrons. The minimum absolute atomic E-state index is 0.364. The van der Waals surface area contributed by atoms with Gasteiger partial charge in [0.15, 0.2) is 11.5 Å². The number of ether oxygens (including phenoxy) is 3. The third-order valence-electron chi connectivity index (χ3n) is 3.30. The summed E-state index contributed by atoms with van der Waals surface area (Å²) in [4.78, 5) is 0. The normalized spacial score (nSPS) is 18.2. The lowest BCUT2D eigenvalue weighted by atomic mass is 10.2. The van der Waals surface area contributed by atoms with E-state index in [4.69, 9.17) is 14.2 Å². The van der Waals surface area contributed by atoms with Crippen molar-refractivity contribution in [1.29, 1.82) is 0 Å². The molecule has 0 bridgehead atoms. The summed E-state index contributed by atoms with van der Waals surface area (Å²) in [5, 5.41) is 3.44. The maximum Gasteiger partial charge on any atom is 0.174 e. The van der Waals surface area contributed by atoms with Crippen molar-refractivity contribution in [2.24, 2.45) is 0 Å². The second-order valence-electron chi connectivity index (χ2n) is 4.81. The summed E-state index contributed by atoms with van der Waals surface area (Å²) in [5.41, 5.74) is 1.17. The van der Waals surface area contributed by atoms with Crippen LogP contribution in [0.5, 0.6) is 11.5 Å². The predicted octanol–water partition coefficient (Wildman–Crippen LogP) is 3.13. The molecule has 0 saturated carbocycles. The van der Waals surface area contributed by atoms with Crippen LogP contribution in [0, 0.1) is 0 Å². The Bertz CT molecular complexity index is 433. The first-order chi connectivity index (χ1) is 9.74. The zero-order chi connectivity index (χ0) is 14.4. The van der Waals surface area contributed by atoms with Gasteiger partial charge < -0.3 is 19.5 Å². The third-order valence-corrected chi connectivity index (χ3v) is 3.89. The second-order valence-corrected chi connectivity index (χ2v) is 5.66. The highest BCUT2D eigenvalue weighted by molar-refractivity contribution is 9.10. The Morgan fingerprint density at radius 2 is 2.30 bits per heavy atom. The fourth-order valence-electron chi connectivity index (χ4n) is 2.37. The maximum absolute atomic E-state index is 5.62. The quantitative estimate of drug-likeness (QED) is 0.825. The van der Waals surface area contributed by atoms with Gasteiger partial charge >= 0.3 is 0 Å². The average Bonchev–Trinajstić information content (AvgIpc) is 2.92. The van der Waals surface area contributed by atoms with Crippen molar-refractivity contribution in [2.75, 3.05) is 26.9 Å². The number of benzene rings is 1. The van der Waals surface area contributed by atoms with E-state index in [1.807, 2.05) is 13.0 Å². The smallest absolute Gasteiger partial charge is 0.174 e. The summed E-state index contributed by atoms with van der Waals surface area (Å²) in [6.07, 6.45) is 2.70. The van der Waals surface area contributed by atoms with Gasteiger partial charge in [-0.2, -0.15) is 0 Å². The summed E-state index contributed by atoms with van der Waals surface area (Å²) in [6.45, 7) is 5.18. The Kier molecular flexibility index (Phi) is 6.13. The molecule has 0 aromatic heterocycles. The van der Waals surface area contributed by atoms with Gasteiger partial charge in [0, 0.05) is 19.7 Å². The van der Waals surface area contributed by atoms with Crippen molar-refractivity contribution < 1.29 is 14.2 Å². The number of rotatable bonds is 7. The van der Waals surface area contributed by atoms with Crippen LogP contribution in [0.25, 0.3) is 0 Å². The summed E-state index contributed by atoms with van der Waals surface area (Å²) in [5.74, 6) is 1.52. The van der Waals surface area contributed by atoms with E-state index in [0.29, 0.717) is 12.7 Å². The van der Waals surface area contributed by atoms with Gasteiger partial charge in [0.05, 0.1) is 24.3 Å². The molecule has 1 atom stereocenters. The standard InChI is InChI=1S/C15H22BrNO3/c1-3-19-14-8-11(7-13(16)15(14)18-2)9-17-10-12-5-4-6-20-12/h7-8,12,17H,3-6,9-10H2,1-2H3. The molecule has 0 spiro atoms. The van der Waals surface area contributed by atoms with E-state index in [-0.39, 0.29) is 0 Å². The van der Waals surface area contributed by atoms with Crippen molar-refractivity contribution in [1.82, 2.24) is 5.32 Å². The minimum Gasteiger partial charge on any atom is -0.492 e. The van der Waals surface area contributed by atoms with Crippen molar-refractivity contribution >= 4 is 15.9 Å². The molecular weight excluding hydrogens is 322 g/mol. The summed E-state index contributed by atoms with van der Waals surface area (Å²) in [7, 11) is 1.65. The Hall–Kier alpha value is -0.780. The zero-order valence-corrected chi connectivity index (χ0v) is 13.7. The van der Waals surface area contributed by atoms with Crippen LogP contribution in [0.3, 0.4) is 0 Å². The van der Waals surface area contributed by atoms with Crippen molar-refractivity contribution in [3.8, 4) is 11.5 Å². The van der Waals surface area contributed by atoms with Gasteiger partial charge in [-0.15, -0.1) is 0 Å². The molecule has 1 heterocycles. The maximum atomic E-state index is 5.62. The van der Waals surface area contributed by atoms with E-state index in [2.05, 4.69) is 27.3 Å². The van der Waals surface area contributed by atoms with Gasteiger partial charge in [-0.1, -0.05) is 0 Å². The van der Waals surface area contributed by atoms with Crippen LogP contribution in [0.1, 0.15) is 25.3 Å². The molecule has 5 heteroatoms. The Labute approximate surface area is 128 Å². The SMILES string of the molecule is CCOc1cc(CNCC2CCCO2)cc(Br)c1OC. The zero-order valence-electron chi connectivity index (χ0n) is 12.1. The molecule has 1 N–H and O–H groups in total. The molecule has 1 aliphatic rings. The second kappa shape index (κ2) is 7.86. The lowest BCUT2D eigenvalue weighted by molar-refractivity contribution is 0.110. The van der Waals surface area contributed by atoms with Crippen LogP contribution in [0.2, 0.25) is 0 Å². The van der Waals surface area contributed by atoms with E-state index in [9.17, 15) is 0 Å². The van der Waals surface area contributed by atoms with Crippen LogP contribution in [-0.4, -0.2) is 33.0 Å². The van der Waals surface area contributed by atoms with Crippen LogP contribution in [0.15, 0.2) is 16.6 Å². The minimum atomic E-state index is 0.364. The van der Waals surface area contributed by atoms with Crippen molar-refractivity contribution in [3.05, 3.63) is 22.2 Å². The molecular formula is C15H22BrNO3. The summed E-state index contributed by atoms with van der Waals surface area (Å²) < 4.78 is 17.5. The Morgan fingerprint density at radius 3 is 2.95 bits per heavy atom. The largest absolute Gasteiger partial charge is 0.492 e. The molecule has 0 amide bonds. The molecule has 0 radical (unpaired) electrons. The molecule has 4 nitrogen and oxygen atoms in total. The molecule has 1 saturated heterocycles. The third kappa shape index (κ3) is 4.11. The number of hydrogen-bond acceptors (Lipinski definition) is 4. The fourth-order valence-corrected chi connectivity index (χ4v) is 3.02. The van der Waals surface area contributed by atoms with E-state index in [1.165, 1.54) is 12.0 Å². The van der Waals surface area contributed by atoms with Crippen LogP contribution in [0.4, 0.5) is 0 Å². The van der Waals surface area contributed by atoms with E-state index >= 15 is 0 Å². The van der Waals surface area contributed by atoms with Crippen LogP contribution in [-0.2, 0) is 11.3 Å². The molecule has 20 heavy (non-hydrogen) atoms. The van der Waals surface area contributed by atoms with Gasteiger partial charge in [0.2, 0.25) is 0 Å². The molecule has 1 unspecified atom stereocenters. The topological polar surface area (TPSA) is 39.7 Å². The predicted molar refractivity (Wildman–Crippen MR) is 82.5 cm³/mol. The van der Waals surface area contributed by atoms with Crippen molar-refractivity contribution in [3.63, 3.8) is 0 Å². The van der Waals surface area contributed by atoms with Gasteiger partial charge in [0.25, 0.3) is 0 Å². The monoisotopic (exact) mass is 343 g/mol. The van der Waals surface area contributed by atoms with Gasteiger partial charge in [-0.05, 0) is 53.4 Å². The van der Waals surface area contributed by atoms with E-state index in [0.717, 1.165) is 42.1 Å². The van der Waals surface area contributed by atoms with Gasteiger partial charge in [0.1, 0.15) is 0 Å². The number of methoxy groups -OCH3 is 1. The lowest BCUT2D eigenvalue weighted by Crippen LogP contribution is -2.25. The van der Waals surface area contributed by atoms with E-state index in [1.54, 1.807) is 7.11 Å². The first kappa shape index (κ1) is 15.6. The Balaban J connectivity index is 1.96. The first-order valence-electron chi connectivity index (χ1n) is 7.06. The van der Waals surface area contributed by atoms with Gasteiger partial charge in [-0.3, -0.25) is 0 Å². The average molecular weight is 344 g/mol. The molecule has 1 aliphatic heterocycles. The number of hydrogen-bond donors (Lipinski definition) is 1. The number of nitrogens with one attached hydrogen (secondary N) is 1. The molecule has 1 aromatic carbocycles. The lowest BCUT2D eigenvalue weighted by Gasteiger charge is -2.15. The first-order valence-corrected chi connectivity index (χ1v) is 7.85. The Morgan fingerprint density at radius 1 is 1.45 bits per heavy atom. The highest BCUT2D eigenvalue weighted by Crippen LogP contribution is 2.36. The van der Waals surface area contributed by atoms with Gasteiger partial charge in [-0.25, -0.2) is 0 Å². The molecule has 1 fully saturated rings. The summed E-state index contributed by atoms with van der Waals surface area (Å²) >= 11 is 3.53. The molecule has 1 aromatic rings. The fraction of sp³-hybridized carbons (Fsp3) is 0.600. The molecule has 2 rings (SSSR count). The van der Waals surface area contributed by atoms with Crippen molar-refractivity contribution in [2.45, 2.75) is 32.4 Å². The highest BCUT2D eigenvalue weighted by atomic mass is 79.9.